The maximum atomic E-state index is 13.6. The maximum absolute atomic E-state index is 13.6. The molecule has 3 aromatic rings. The summed E-state index contributed by atoms with van der Waals surface area (Å²) in [5.74, 6) is -2.07. The van der Waals surface area contributed by atoms with Crippen LogP contribution in [0.2, 0.25) is 0 Å². The Kier molecular flexibility index (Phi) is 4.15. The summed E-state index contributed by atoms with van der Waals surface area (Å²) in [5.41, 5.74) is 1.35. The van der Waals surface area contributed by atoms with E-state index in [0.717, 1.165) is 13.2 Å². The van der Waals surface area contributed by atoms with Crippen LogP contribution in [-0.4, -0.2) is 29.0 Å². The van der Waals surface area contributed by atoms with Crippen LogP contribution in [-0.2, 0) is 4.74 Å². The van der Waals surface area contributed by atoms with Gasteiger partial charge in [0.1, 0.15) is 11.5 Å². The molecule has 0 aliphatic rings. The molecule has 1 aromatic heterocycles. The molecule has 0 saturated carbocycles. The van der Waals surface area contributed by atoms with Crippen LogP contribution in [0.25, 0.3) is 11.0 Å². The lowest BCUT2D eigenvalue weighted by Crippen LogP contribution is -2.15. The van der Waals surface area contributed by atoms with Gasteiger partial charge < -0.3 is 10.1 Å². The van der Waals surface area contributed by atoms with E-state index in [0.29, 0.717) is 11.0 Å². The molecule has 1 N–H and O–H groups in total. The average molecular weight is 325 g/mol. The molecular weight excluding hydrogens is 313 g/mol. The van der Waals surface area contributed by atoms with E-state index in [9.17, 15) is 14.0 Å². The number of methoxy groups -OCH3 is 1. The zero-order valence-electron chi connectivity index (χ0n) is 12.6. The number of amides is 1. The Morgan fingerprint density at radius 2 is 1.88 bits per heavy atom. The van der Waals surface area contributed by atoms with Crippen molar-refractivity contribution in [1.29, 1.82) is 0 Å². The smallest absolute Gasteiger partial charge is 0.340 e. The average Bonchev–Trinajstić information content (AvgIpc) is 2.62. The van der Waals surface area contributed by atoms with Crippen LogP contribution in [0.15, 0.2) is 48.7 Å². The van der Waals surface area contributed by atoms with Gasteiger partial charge in [-0.1, -0.05) is 12.1 Å². The molecule has 0 radical (unpaired) electrons. The molecule has 0 bridgehead atoms. The summed E-state index contributed by atoms with van der Waals surface area (Å²) in [6.45, 7) is 0. The van der Waals surface area contributed by atoms with E-state index in [4.69, 9.17) is 0 Å². The van der Waals surface area contributed by atoms with E-state index in [1.807, 2.05) is 6.07 Å². The molecular formula is C17H12FN3O3. The molecule has 0 atom stereocenters. The fourth-order valence-corrected chi connectivity index (χ4v) is 2.13. The minimum atomic E-state index is -0.825. The standard InChI is InChI=1S/C17H12FN3O3/c1-24-17(23)11-8-10(6-7-12(11)18)20-16(22)15-9-19-13-4-2-3-5-14(13)21-15/h2-9H,1H3,(H,20,22). The number of hydrogen-bond acceptors (Lipinski definition) is 5. The zero-order chi connectivity index (χ0) is 17.1. The van der Waals surface area contributed by atoms with Crippen LogP contribution in [0.3, 0.4) is 0 Å². The van der Waals surface area contributed by atoms with Gasteiger partial charge >= 0.3 is 5.97 Å². The maximum Gasteiger partial charge on any atom is 0.340 e. The fraction of sp³-hybridized carbons (Fsp3) is 0.0588. The number of rotatable bonds is 3. The molecule has 0 spiro atoms. The SMILES string of the molecule is COC(=O)c1cc(NC(=O)c2cnc3ccccc3n2)ccc1F. The fourth-order valence-electron chi connectivity index (χ4n) is 2.13. The summed E-state index contributed by atoms with van der Waals surface area (Å²) >= 11 is 0. The Bertz CT molecular complexity index is 943. The molecule has 1 amide bonds. The predicted molar refractivity (Wildman–Crippen MR) is 85.2 cm³/mol. The number of carbonyl (C=O) groups is 2. The highest BCUT2D eigenvalue weighted by Crippen LogP contribution is 2.17. The van der Waals surface area contributed by atoms with Gasteiger partial charge in [0, 0.05) is 5.69 Å². The van der Waals surface area contributed by atoms with Gasteiger partial charge in [0.25, 0.3) is 5.91 Å². The van der Waals surface area contributed by atoms with Crippen molar-refractivity contribution in [2.45, 2.75) is 0 Å². The molecule has 6 nitrogen and oxygen atoms in total. The van der Waals surface area contributed by atoms with Gasteiger partial charge in [-0.05, 0) is 30.3 Å². The van der Waals surface area contributed by atoms with Gasteiger partial charge in [-0.15, -0.1) is 0 Å². The molecule has 0 aliphatic carbocycles. The largest absolute Gasteiger partial charge is 0.465 e. The third-order valence-electron chi connectivity index (χ3n) is 3.31. The van der Waals surface area contributed by atoms with Crippen LogP contribution in [0.5, 0.6) is 0 Å². The van der Waals surface area contributed by atoms with Gasteiger partial charge in [-0.25, -0.2) is 14.2 Å². The van der Waals surface area contributed by atoms with Gasteiger partial charge in [0.15, 0.2) is 0 Å². The number of hydrogen-bond donors (Lipinski definition) is 1. The van der Waals surface area contributed by atoms with Crippen molar-refractivity contribution in [2.24, 2.45) is 0 Å². The number of carbonyl (C=O) groups excluding carboxylic acids is 2. The molecule has 24 heavy (non-hydrogen) atoms. The van der Waals surface area contributed by atoms with Crippen molar-refractivity contribution in [1.82, 2.24) is 9.97 Å². The van der Waals surface area contributed by atoms with Crippen LogP contribution in [0.4, 0.5) is 10.1 Å². The monoisotopic (exact) mass is 325 g/mol. The summed E-state index contributed by atoms with van der Waals surface area (Å²) in [4.78, 5) is 32.1. The van der Waals surface area contributed by atoms with E-state index in [1.165, 1.54) is 18.3 Å². The number of aromatic nitrogens is 2. The van der Waals surface area contributed by atoms with Crippen LogP contribution < -0.4 is 5.32 Å². The number of halogens is 1. The Balaban J connectivity index is 1.87. The number of para-hydroxylation sites is 2. The highest BCUT2D eigenvalue weighted by molar-refractivity contribution is 6.04. The third-order valence-corrected chi connectivity index (χ3v) is 3.31. The van der Waals surface area contributed by atoms with E-state index < -0.39 is 17.7 Å². The van der Waals surface area contributed by atoms with E-state index in [1.54, 1.807) is 18.2 Å². The first-order valence-corrected chi connectivity index (χ1v) is 6.99. The molecule has 0 saturated heterocycles. The lowest BCUT2D eigenvalue weighted by atomic mass is 10.2. The van der Waals surface area contributed by atoms with Crippen molar-refractivity contribution in [3.63, 3.8) is 0 Å². The van der Waals surface area contributed by atoms with Gasteiger partial charge in [-0.3, -0.25) is 9.78 Å². The molecule has 0 aliphatic heterocycles. The van der Waals surface area contributed by atoms with Crippen molar-refractivity contribution < 1.29 is 18.7 Å². The minimum absolute atomic E-state index is 0.109. The number of nitrogens with one attached hydrogen (secondary N) is 1. The Labute approximate surface area is 136 Å². The number of fused-ring (bicyclic) bond motifs is 1. The number of anilines is 1. The van der Waals surface area contributed by atoms with Crippen molar-refractivity contribution in [3.8, 4) is 0 Å². The van der Waals surface area contributed by atoms with E-state index >= 15 is 0 Å². The number of nitrogens with zero attached hydrogens (tertiary/aromatic N) is 2. The summed E-state index contributed by atoms with van der Waals surface area (Å²) < 4.78 is 18.1. The first-order chi connectivity index (χ1) is 11.6. The summed E-state index contributed by atoms with van der Waals surface area (Å²) in [7, 11) is 1.15. The zero-order valence-corrected chi connectivity index (χ0v) is 12.6. The van der Waals surface area contributed by atoms with Crippen LogP contribution in [0, 0.1) is 5.82 Å². The Morgan fingerprint density at radius 3 is 2.62 bits per heavy atom. The number of esters is 1. The molecule has 0 fully saturated rings. The lowest BCUT2D eigenvalue weighted by molar-refractivity contribution is 0.0595. The van der Waals surface area contributed by atoms with Crippen LogP contribution >= 0.6 is 0 Å². The Hall–Kier alpha value is -3.35. The first-order valence-electron chi connectivity index (χ1n) is 6.99. The van der Waals surface area contributed by atoms with Gasteiger partial charge in [-0.2, -0.15) is 0 Å². The molecule has 120 valence electrons. The third kappa shape index (κ3) is 3.05. The van der Waals surface area contributed by atoms with Crippen molar-refractivity contribution in [3.05, 3.63) is 65.7 Å². The molecule has 7 heteroatoms. The first kappa shape index (κ1) is 15.5. The molecule has 1 heterocycles. The molecule has 2 aromatic carbocycles. The number of benzene rings is 2. The second kappa shape index (κ2) is 6.41. The van der Waals surface area contributed by atoms with Gasteiger partial charge in [0.2, 0.25) is 0 Å². The quantitative estimate of drug-likeness (QED) is 0.749. The van der Waals surface area contributed by atoms with Crippen molar-refractivity contribution >= 4 is 28.6 Å². The normalized spacial score (nSPS) is 10.4. The summed E-state index contributed by atoms with van der Waals surface area (Å²) in [6.07, 6.45) is 1.35. The van der Waals surface area contributed by atoms with Gasteiger partial charge in [0.05, 0.1) is 29.9 Å². The summed E-state index contributed by atoms with van der Waals surface area (Å²) in [6, 6.07) is 10.8. The highest BCUT2D eigenvalue weighted by Gasteiger charge is 2.15. The van der Waals surface area contributed by atoms with Crippen molar-refractivity contribution in [2.75, 3.05) is 12.4 Å². The second-order valence-corrected chi connectivity index (χ2v) is 4.88. The van der Waals surface area contributed by atoms with Crippen LogP contribution in [0.1, 0.15) is 20.8 Å². The lowest BCUT2D eigenvalue weighted by Gasteiger charge is -2.07. The minimum Gasteiger partial charge on any atom is -0.465 e. The highest BCUT2D eigenvalue weighted by atomic mass is 19.1. The van der Waals surface area contributed by atoms with E-state index in [2.05, 4.69) is 20.0 Å². The Morgan fingerprint density at radius 1 is 1.12 bits per heavy atom. The number of ether oxygens (including phenoxy) is 1. The molecule has 0 unspecified atom stereocenters. The topological polar surface area (TPSA) is 81.2 Å². The molecule has 3 rings (SSSR count). The van der Waals surface area contributed by atoms with E-state index in [-0.39, 0.29) is 16.9 Å². The predicted octanol–water partition coefficient (Wildman–Crippen LogP) is 2.81. The second-order valence-electron chi connectivity index (χ2n) is 4.88. The summed E-state index contributed by atoms with van der Waals surface area (Å²) in [5, 5.41) is 2.55.